The Labute approximate surface area is 99.5 Å². The lowest BCUT2D eigenvalue weighted by Gasteiger charge is -2.10. The predicted molar refractivity (Wildman–Crippen MR) is 66.6 cm³/mol. The number of nitrogens with zero attached hydrogens (tertiary/aromatic N) is 2. The summed E-state index contributed by atoms with van der Waals surface area (Å²) in [7, 11) is 1.52. The third-order valence-electron chi connectivity index (χ3n) is 2.60. The van der Waals surface area contributed by atoms with E-state index in [0.717, 1.165) is 24.1 Å². The molecule has 1 heterocycles. The van der Waals surface area contributed by atoms with Crippen molar-refractivity contribution in [3.05, 3.63) is 35.2 Å². The molecule has 2 rings (SSSR count). The van der Waals surface area contributed by atoms with Crippen LogP contribution in [0.2, 0.25) is 0 Å². The number of nitrogens with two attached hydrogens (primary N) is 1. The summed E-state index contributed by atoms with van der Waals surface area (Å²) in [6.07, 6.45) is 7.50. The van der Waals surface area contributed by atoms with Crippen molar-refractivity contribution in [3.8, 4) is 0 Å². The van der Waals surface area contributed by atoms with Crippen molar-refractivity contribution in [2.75, 3.05) is 7.05 Å². The van der Waals surface area contributed by atoms with Gasteiger partial charge in [-0.15, -0.1) is 0 Å². The molecule has 1 amide bonds. The molecule has 3 N–H and O–H groups in total. The molecule has 0 spiro atoms. The highest BCUT2D eigenvalue weighted by Gasteiger charge is 2.11. The second-order valence-electron chi connectivity index (χ2n) is 3.77. The summed E-state index contributed by atoms with van der Waals surface area (Å²) in [4.78, 5) is 19.7. The van der Waals surface area contributed by atoms with E-state index in [1.807, 2.05) is 12.1 Å². The molecule has 1 aliphatic carbocycles. The van der Waals surface area contributed by atoms with E-state index in [1.165, 1.54) is 7.05 Å². The average Bonchev–Trinajstić information content (AvgIpc) is 2.38. The lowest BCUT2D eigenvalue weighted by molar-refractivity contribution is 0.0976. The van der Waals surface area contributed by atoms with E-state index in [1.54, 1.807) is 6.20 Å². The number of rotatable bonds is 1. The fourth-order valence-electron chi connectivity index (χ4n) is 1.67. The van der Waals surface area contributed by atoms with Gasteiger partial charge in [-0.1, -0.05) is 6.08 Å². The molecule has 88 valence electrons. The molecular weight excluding hydrogens is 216 g/mol. The molecule has 0 radical (unpaired) electrons. The molecule has 1 aromatic rings. The van der Waals surface area contributed by atoms with Crippen molar-refractivity contribution in [1.29, 1.82) is 0 Å². The maximum atomic E-state index is 11.8. The van der Waals surface area contributed by atoms with Crippen molar-refractivity contribution in [3.63, 3.8) is 0 Å². The molecular formula is C12H14N4O. The Morgan fingerprint density at radius 1 is 1.59 bits per heavy atom. The highest BCUT2D eigenvalue weighted by atomic mass is 16.1. The van der Waals surface area contributed by atoms with Crippen LogP contribution in [-0.4, -0.2) is 23.9 Å². The molecule has 5 nitrogen and oxygen atoms in total. The number of carbonyl (C=O) groups excluding carboxylic acids is 1. The summed E-state index contributed by atoms with van der Waals surface area (Å²) in [5, 5.41) is 2.48. The highest BCUT2D eigenvalue weighted by molar-refractivity contribution is 6.05. The van der Waals surface area contributed by atoms with Gasteiger partial charge in [-0.05, 0) is 30.5 Å². The molecule has 0 bridgehead atoms. The fourth-order valence-corrected chi connectivity index (χ4v) is 1.67. The van der Waals surface area contributed by atoms with Crippen LogP contribution in [0, 0.1) is 0 Å². The van der Waals surface area contributed by atoms with E-state index >= 15 is 0 Å². The summed E-state index contributed by atoms with van der Waals surface area (Å²) >= 11 is 0. The number of hydrogen-bond acceptors (Lipinski definition) is 3. The van der Waals surface area contributed by atoms with Gasteiger partial charge in [0.05, 0.1) is 11.3 Å². The SMILES string of the molecule is CN=C(N)NC(=O)c1cnc2c(c1)CCC=C2. The van der Waals surface area contributed by atoms with Crippen molar-refractivity contribution in [2.24, 2.45) is 10.7 Å². The van der Waals surface area contributed by atoms with Crippen LogP contribution < -0.4 is 11.1 Å². The molecule has 1 aliphatic rings. The van der Waals surface area contributed by atoms with E-state index in [9.17, 15) is 4.79 Å². The van der Waals surface area contributed by atoms with Gasteiger partial charge in [0.15, 0.2) is 5.96 Å². The number of nitrogens with one attached hydrogen (secondary N) is 1. The lowest BCUT2D eigenvalue weighted by Crippen LogP contribution is -2.36. The smallest absolute Gasteiger partial charge is 0.259 e. The third-order valence-corrected chi connectivity index (χ3v) is 2.60. The number of aliphatic imine (C=N–C) groups is 1. The number of fused-ring (bicyclic) bond motifs is 1. The van der Waals surface area contributed by atoms with E-state index in [2.05, 4.69) is 21.4 Å². The van der Waals surface area contributed by atoms with E-state index < -0.39 is 0 Å². The van der Waals surface area contributed by atoms with Crippen molar-refractivity contribution in [2.45, 2.75) is 12.8 Å². The van der Waals surface area contributed by atoms with Gasteiger partial charge in [-0.3, -0.25) is 20.1 Å². The zero-order valence-electron chi connectivity index (χ0n) is 9.60. The van der Waals surface area contributed by atoms with E-state index in [4.69, 9.17) is 5.73 Å². The van der Waals surface area contributed by atoms with E-state index in [0.29, 0.717) is 5.56 Å². The Bertz CT molecular complexity index is 505. The summed E-state index contributed by atoms with van der Waals surface area (Å²) in [6.45, 7) is 0. The number of carbonyl (C=O) groups is 1. The normalized spacial score (nSPS) is 14.3. The first-order valence-electron chi connectivity index (χ1n) is 5.40. The Balaban J connectivity index is 2.23. The number of guanidine groups is 1. The number of pyridine rings is 1. The van der Waals surface area contributed by atoms with Gasteiger partial charge in [-0.25, -0.2) is 0 Å². The molecule has 0 saturated carbocycles. The zero-order chi connectivity index (χ0) is 12.3. The maximum Gasteiger partial charge on any atom is 0.259 e. The van der Waals surface area contributed by atoms with Gasteiger partial charge in [0.2, 0.25) is 0 Å². The summed E-state index contributed by atoms with van der Waals surface area (Å²) < 4.78 is 0. The Morgan fingerprint density at radius 2 is 2.41 bits per heavy atom. The number of allylic oxidation sites excluding steroid dienone is 1. The van der Waals surface area contributed by atoms with Crippen LogP contribution in [0.25, 0.3) is 6.08 Å². The van der Waals surface area contributed by atoms with Crippen molar-refractivity contribution in [1.82, 2.24) is 10.3 Å². The molecule has 0 unspecified atom stereocenters. The van der Waals surface area contributed by atoms with Gasteiger partial charge in [0.25, 0.3) is 5.91 Å². The van der Waals surface area contributed by atoms with Crippen LogP contribution in [0.15, 0.2) is 23.3 Å². The first-order chi connectivity index (χ1) is 8.20. The minimum absolute atomic E-state index is 0.104. The average molecular weight is 230 g/mol. The molecule has 5 heteroatoms. The molecule has 0 aromatic carbocycles. The first kappa shape index (κ1) is 11.3. The molecule has 0 aliphatic heterocycles. The largest absolute Gasteiger partial charge is 0.370 e. The van der Waals surface area contributed by atoms with Crippen LogP contribution in [0.4, 0.5) is 0 Å². The Kier molecular flexibility index (Phi) is 3.18. The highest BCUT2D eigenvalue weighted by Crippen LogP contribution is 2.17. The monoisotopic (exact) mass is 230 g/mol. The van der Waals surface area contributed by atoms with Crippen LogP contribution in [-0.2, 0) is 6.42 Å². The summed E-state index contributed by atoms with van der Waals surface area (Å²) in [6, 6.07) is 1.85. The van der Waals surface area contributed by atoms with Crippen molar-refractivity contribution < 1.29 is 4.79 Å². The maximum absolute atomic E-state index is 11.8. The standard InChI is InChI=1S/C12H14N4O/c1-14-12(13)16-11(17)9-6-8-4-2-3-5-10(8)15-7-9/h3,5-7H,2,4H2,1H3,(H3,13,14,16,17). The summed E-state index contributed by atoms with van der Waals surface area (Å²) in [5.41, 5.74) is 7.97. The topological polar surface area (TPSA) is 80.4 Å². The Morgan fingerprint density at radius 3 is 3.18 bits per heavy atom. The predicted octanol–water partition coefficient (Wildman–Crippen LogP) is 0.715. The zero-order valence-corrected chi connectivity index (χ0v) is 9.60. The fraction of sp³-hybridized carbons (Fsp3) is 0.250. The van der Waals surface area contributed by atoms with Crippen LogP contribution in [0.1, 0.15) is 28.0 Å². The molecule has 0 atom stereocenters. The van der Waals surface area contributed by atoms with Crippen LogP contribution >= 0.6 is 0 Å². The number of aryl methyl sites for hydroxylation is 1. The number of aromatic nitrogens is 1. The quantitative estimate of drug-likeness (QED) is 0.551. The van der Waals surface area contributed by atoms with Gasteiger partial charge in [0, 0.05) is 13.2 Å². The number of amides is 1. The van der Waals surface area contributed by atoms with Gasteiger partial charge >= 0.3 is 0 Å². The van der Waals surface area contributed by atoms with Gasteiger partial charge in [-0.2, -0.15) is 0 Å². The van der Waals surface area contributed by atoms with Gasteiger partial charge < -0.3 is 5.73 Å². The van der Waals surface area contributed by atoms with Crippen LogP contribution in [0.3, 0.4) is 0 Å². The number of hydrogen-bond donors (Lipinski definition) is 2. The molecule has 0 saturated heterocycles. The first-order valence-corrected chi connectivity index (χ1v) is 5.40. The van der Waals surface area contributed by atoms with Crippen molar-refractivity contribution >= 4 is 17.9 Å². The summed E-state index contributed by atoms with van der Waals surface area (Å²) in [5.74, 6) is -0.175. The third kappa shape index (κ3) is 2.50. The minimum Gasteiger partial charge on any atom is -0.370 e. The van der Waals surface area contributed by atoms with Gasteiger partial charge in [0.1, 0.15) is 0 Å². The minimum atomic E-state index is -0.280. The second-order valence-corrected chi connectivity index (χ2v) is 3.77. The molecule has 1 aromatic heterocycles. The second kappa shape index (κ2) is 4.78. The van der Waals surface area contributed by atoms with Crippen LogP contribution in [0.5, 0.6) is 0 Å². The lowest BCUT2D eigenvalue weighted by atomic mass is 10.0. The van der Waals surface area contributed by atoms with E-state index in [-0.39, 0.29) is 11.9 Å². The molecule has 17 heavy (non-hydrogen) atoms. The Hall–Kier alpha value is -2.17. The molecule has 0 fully saturated rings.